The van der Waals surface area contributed by atoms with Gasteiger partial charge < -0.3 is 18.9 Å². The molecule has 0 fully saturated rings. The molecule has 1 aromatic heterocycles. The van der Waals surface area contributed by atoms with Crippen LogP contribution in [0, 0.1) is 10.1 Å². The number of ether oxygens (including phenoxy) is 4. The number of benzene rings is 3. The van der Waals surface area contributed by atoms with Crippen LogP contribution in [-0.2, 0) is 16.1 Å². The van der Waals surface area contributed by atoms with Crippen LogP contribution in [0.25, 0.3) is 6.08 Å². The molecule has 5 rings (SSSR count). The Morgan fingerprint density at radius 3 is 2.44 bits per heavy atom. The Hall–Kier alpha value is -5.23. The van der Waals surface area contributed by atoms with Crippen molar-refractivity contribution in [1.82, 2.24) is 4.57 Å². The van der Waals surface area contributed by atoms with Crippen molar-refractivity contribution in [1.29, 1.82) is 0 Å². The van der Waals surface area contributed by atoms with Crippen LogP contribution >= 0.6 is 11.3 Å². The molecule has 0 N–H and O–H groups in total. The Morgan fingerprint density at radius 2 is 1.76 bits per heavy atom. The summed E-state index contributed by atoms with van der Waals surface area (Å²) in [6.45, 7) is 5.94. The summed E-state index contributed by atoms with van der Waals surface area (Å²) in [5, 5.41) is 11.0. The molecule has 0 saturated heterocycles. The van der Waals surface area contributed by atoms with Crippen molar-refractivity contribution in [2.45, 2.75) is 33.4 Å². The summed E-state index contributed by atoms with van der Waals surface area (Å²) in [4.78, 5) is 43.1. The van der Waals surface area contributed by atoms with Crippen molar-refractivity contribution in [3.63, 3.8) is 0 Å². The molecule has 1 atom stereocenters. The van der Waals surface area contributed by atoms with E-state index in [1.54, 1.807) is 56.3 Å². The Labute approximate surface area is 262 Å². The zero-order valence-corrected chi connectivity index (χ0v) is 26.0. The molecule has 0 unspecified atom stereocenters. The quantitative estimate of drug-likeness (QED) is 0.133. The third kappa shape index (κ3) is 6.36. The number of esters is 1. The Kier molecular flexibility index (Phi) is 9.43. The number of fused-ring (bicyclic) bond motifs is 1. The summed E-state index contributed by atoms with van der Waals surface area (Å²) in [6, 6.07) is 17.8. The van der Waals surface area contributed by atoms with Crippen molar-refractivity contribution in [2.24, 2.45) is 4.99 Å². The smallest absolute Gasteiger partial charge is 0.338 e. The van der Waals surface area contributed by atoms with Gasteiger partial charge in [-0.15, -0.1) is 0 Å². The van der Waals surface area contributed by atoms with Gasteiger partial charge >= 0.3 is 5.97 Å². The molecule has 0 aliphatic carbocycles. The molecule has 3 aromatic carbocycles. The molecule has 2 heterocycles. The van der Waals surface area contributed by atoms with Gasteiger partial charge in [0.15, 0.2) is 16.3 Å². The number of nitrogens with zero attached hydrogens (tertiary/aromatic N) is 3. The number of carbonyl (C=O) groups is 1. The van der Waals surface area contributed by atoms with Gasteiger partial charge in [-0.1, -0.05) is 41.7 Å². The monoisotopic (exact) mass is 629 g/mol. The molecule has 0 saturated carbocycles. The second-order valence-corrected chi connectivity index (χ2v) is 10.9. The molecule has 11 nitrogen and oxygen atoms in total. The average molecular weight is 630 g/mol. The fourth-order valence-corrected chi connectivity index (χ4v) is 6.08. The van der Waals surface area contributed by atoms with Crippen LogP contribution in [0.3, 0.4) is 0 Å². The molecule has 1 aliphatic rings. The highest BCUT2D eigenvalue weighted by Crippen LogP contribution is 2.40. The molecule has 0 amide bonds. The maximum Gasteiger partial charge on any atom is 0.338 e. The van der Waals surface area contributed by atoms with E-state index in [2.05, 4.69) is 4.99 Å². The lowest BCUT2D eigenvalue weighted by Crippen LogP contribution is -2.40. The van der Waals surface area contributed by atoms with Crippen LogP contribution in [0.1, 0.15) is 43.5 Å². The highest BCUT2D eigenvalue weighted by molar-refractivity contribution is 7.07. The predicted octanol–water partition coefficient (Wildman–Crippen LogP) is 4.69. The van der Waals surface area contributed by atoms with Crippen LogP contribution in [-0.4, -0.2) is 35.8 Å². The number of rotatable bonds is 11. The van der Waals surface area contributed by atoms with Crippen LogP contribution in [0.15, 0.2) is 87.8 Å². The number of allylic oxidation sites excluding steroid dienone is 1. The second kappa shape index (κ2) is 13.6. The van der Waals surface area contributed by atoms with Gasteiger partial charge in [-0.2, -0.15) is 0 Å². The van der Waals surface area contributed by atoms with E-state index < -0.39 is 16.9 Å². The van der Waals surface area contributed by atoms with Gasteiger partial charge in [0.25, 0.3) is 11.2 Å². The molecule has 0 spiro atoms. The molecule has 232 valence electrons. The van der Waals surface area contributed by atoms with Crippen molar-refractivity contribution in [3.8, 4) is 17.2 Å². The summed E-state index contributed by atoms with van der Waals surface area (Å²) in [5.41, 5.74) is 2.28. The van der Waals surface area contributed by atoms with Crippen molar-refractivity contribution in [3.05, 3.63) is 124 Å². The zero-order chi connectivity index (χ0) is 32.1. The lowest BCUT2D eigenvalue weighted by molar-refractivity contribution is -0.384. The fourth-order valence-electron chi connectivity index (χ4n) is 5.04. The molecule has 0 bridgehead atoms. The van der Waals surface area contributed by atoms with E-state index in [0.717, 1.165) is 5.56 Å². The Bertz CT molecular complexity index is 1960. The average Bonchev–Trinajstić information content (AvgIpc) is 3.34. The maximum atomic E-state index is 14.2. The Balaban J connectivity index is 1.61. The van der Waals surface area contributed by atoms with Crippen molar-refractivity contribution < 1.29 is 28.7 Å². The van der Waals surface area contributed by atoms with E-state index in [-0.39, 0.29) is 30.0 Å². The number of hydrogen-bond acceptors (Lipinski definition) is 10. The van der Waals surface area contributed by atoms with Gasteiger partial charge in [0.05, 0.1) is 41.0 Å². The highest BCUT2D eigenvalue weighted by atomic mass is 32.1. The molecular formula is C33H31N3O8S. The van der Waals surface area contributed by atoms with Gasteiger partial charge in [0.2, 0.25) is 0 Å². The molecule has 12 heteroatoms. The zero-order valence-electron chi connectivity index (χ0n) is 25.1. The van der Waals surface area contributed by atoms with Gasteiger partial charge in [0.1, 0.15) is 18.4 Å². The summed E-state index contributed by atoms with van der Waals surface area (Å²) < 4.78 is 24.9. The number of para-hydroxylation sites is 2. The minimum atomic E-state index is -0.882. The van der Waals surface area contributed by atoms with Gasteiger partial charge in [-0.3, -0.25) is 19.5 Å². The number of hydrogen-bond donors (Lipinski definition) is 0. The first kappa shape index (κ1) is 31.2. The lowest BCUT2D eigenvalue weighted by atomic mass is 9.94. The summed E-state index contributed by atoms with van der Waals surface area (Å²) in [7, 11) is 1.53. The number of methoxy groups -OCH3 is 1. The van der Waals surface area contributed by atoms with E-state index in [4.69, 9.17) is 18.9 Å². The summed E-state index contributed by atoms with van der Waals surface area (Å²) in [5.74, 6) is 0.832. The third-order valence-electron chi connectivity index (χ3n) is 7.08. The summed E-state index contributed by atoms with van der Waals surface area (Å²) in [6.07, 6.45) is 1.73. The normalized spacial score (nSPS) is 14.4. The van der Waals surface area contributed by atoms with Gasteiger partial charge in [0, 0.05) is 23.3 Å². The standard InChI is InChI=1S/C33H31N3O8S/c1-5-42-30-24(11-9-13-26(30)41-4)29-28(32(38)43-6-2)20(3)34-33-35(29)31(37)27(45-33)18-22-10-7-8-12-25(22)44-19-21-14-16-23(17-15-21)36(39)40/h7-18,29H,5-6,19H2,1-4H3/b27-18+/t29-/m1/s1. The second-order valence-electron chi connectivity index (χ2n) is 9.86. The van der Waals surface area contributed by atoms with Crippen LogP contribution < -0.4 is 29.1 Å². The van der Waals surface area contributed by atoms with E-state index in [1.165, 1.54) is 35.1 Å². The molecule has 0 radical (unpaired) electrons. The van der Waals surface area contributed by atoms with E-state index >= 15 is 0 Å². The Morgan fingerprint density at radius 1 is 1.02 bits per heavy atom. The van der Waals surface area contributed by atoms with Crippen LogP contribution in [0.5, 0.6) is 17.2 Å². The van der Waals surface area contributed by atoms with E-state index in [0.29, 0.717) is 50.0 Å². The predicted molar refractivity (Wildman–Crippen MR) is 168 cm³/mol. The SMILES string of the molecule is CCOC(=O)C1=C(C)N=c2s/c(=C/c3ccccc3OCc3ccc([N+](=O)[O-])cc3)c(=O)n2[C@@H]1c1cccc(OC)c1OCC. The first-order chi connectivity index (χ1) is 21.8. The number of carbonyl (C=O) groups excluding carboxylic acids is 1. The maximum absolute atomic E-state index is 14.2. The van der Waals surface area contributed by atoms with E-state index in [1.807, 2.05) is 25.1 Å². The van der Waals surface area contributed by atoms with Crippen molar-refractivity contribution in [2.75, 3.05) is 20.3 Å². The minimum Gasteiger partial charge on any atom is -0.493 e. The van der Waals surface area contributed by atoms with Crippen LogP contribution in [0.2, 0.25) is 0 Å². The highest BCUT2D eigenvalue weighted by Gasteiger charge is 2.36. The topological polar surface area (TPSA) is 131 Å². The number of thiazole rings is 1. The van der Waals surface area contributed by atoms with Crippen LogP contribution in [0.4, 0.5) is 5.69 Å². The minimum absolute atomic E-state index is 0.00324. The first-order valence-corrected chi connectivity index (χ1v) is 15.0. The van der Waals surface area contributed by atoms with E-state index in [9.17, 15) is 19.7 Å². The van der Waals surface area contributed by atoms with Gasteiger partial charge in [-0.25, -0.2) is 9.79 Å². The van der Waals surface area contributed by atoms with Crippen molar-refractivity contribution >= 4 is 29.1 Å². The summed E-state index contributed by atoms with van der Waals surface area (Å²) >= 11 is 1.19. The lowest BCUT2D eigenvalue weighted by Gasteiger charge is -2.26. The number of aromatic nitrogens is 1. The number of nitro groups is 1. The first-order valence-electron chi connectivity index (χ1n) is 14.2. The number of non-ortho nitro benzene ring substituents is 1. The molecular weight excluding hydrogens is 598 g/mol. The molecule has 1 aliphatic heterocycles. The third-order valence-corrected chi connectivity index (χ3v) is 8.06. The largest absolute Gasteiger partial charge is 0.493 e. The molecule has 45 heavy (non-hydrogen) atoms. The fraction of sp³-hybridized carbons (Fsp3) is 0.242. The molecule has 4 aromatic rings. The number of nitro benzene ring substituents is 1. The van der Waals surface area contributed by atoms with Gasteiger partial charge in [-0.05, 0) is 56.7 Å².